The Morgan fingerprint density at radius 1 is 1.28 bits per heavy atom. The summed E-state index contributed by atoms with van der Waals surface area (Å²) in [6, 6.07) is 0. The third kappa shape index (κ3) is 3.32. The quantitative estimate of drug-likeness (QED) is 0.234. The van der Waals surface area contributed by atoms with Gasteiger partial charge in [0.15, 0.2) is 0 Å². The topological polar surface area (TPSA) is 78.9 Å². The van der Waals surface area contributed by atoms with Crippen LogP contribution in [0.4, 0.5) is 0 Å². The summed E-state index contributed by atoms with van der Waals surface area (Å²) >= 11 is 0. The Hall–Kier alpha value is -2.37. The predicted molar refractivity (Wildman–Crippen MR) is 107 cm³/mol. The molecule has 0 amide bonds. The molecule has 0 aromatic carbocycles. The first-order valence-corrected chi connectivity index (χ1v) is 10.1. The minimum Gasteiger partial charge on any atom is -0.466 e. The van der Waals surface area contributed by atoms with Gasteiger partial charge >= 0.3 is 17.9 Å². The molecule has 4 atom stereocenters. The summed E-state index contributed by atoms with van der Waals surface area (Å²) in [6.07, 6.45) is 10.5. The lowest BCUT2D eigenvalue weighted by molar-refractivity contribution is -0.235. The molecule has 0 radical (unpaired) electrons. The van der Waals surface area contributed by atoms with Crippen molar-refractivity contribution in [3.05, 3.63) is 35.5 Å². The Kier molecular flexibility index (Phi) is 5.50. The highest BCUT2D eigenvalue weighted by Gasteiger charge is 2.74. The molecule has 3 rings (SSSR count). The SMILES string of the molecule is COC(=O)/C(C)=C/C=C/[C@]1(C)OC(=O)[C@@]23CC=C(C)CC[C@@]2(OC(C)=O)[C@@H]1CC3. The van der Waals surface area contributed by atoms with Crippen molar-refractivity contribution in [2.24, 2.45) is 11.3 Å². The fraction of sp³-hybridized carbons (Fsp3) is 0.609. The van der Waals surface area contributed by atoms with Crippen LogP contribution in [0.25, 0.3) is 0 Å². The van der Waals surface area contributed by atoms with E-state index in [1.165, 1.54) is 19.6 Å². The Balaban J connectivity index is 2.03. The number of ether oxygens (including phenoxy) is 3. The largest absolute Gasteiger partial charge is 0.466 e. The molecule has 2 aliphatic carbocycles. The Bertz CT molecular complexity index is 821. The first-order chi connectivity index (χ1) is 13.6. The summed E-state index contributed by atoms with van der Waals surface area (Å²) in [4.78, 5) is 37.1. The van der Waals surface area contributed by atoms with Gasteiger partial charge < -0.3 is 14.2 Å². The Labute approximate surface area is 172 Å². The third-order valence-corrected chi connectivity index (χ3v) is 6.92. The molecular formula is C23H30O6. The van der Waals surface area contributed by atoms with Gasteiger partial charge in [-0.25, -0.2) is 4.79 Å². The second-order valence-electron chi connectivity index (χ2n) is 8.68. The fourth-order valence-corrected chi connectivity index (χ4v) is 5.41. The zero-order chi connectivity index (χ0) is 21.4. The van der Waals surface area contributed by atoms with E-state index in [1.54, 1.807) is 25.2 Å². The summed E-state index contributed by atoms with van der Waals surface area (Å²) in [6.45, 7) is 6.97. The molecule has 0 N–H and O–H groups in total. The molecule has 0 unspecified atom stereocenters. The predicted octanol–water partition coefficient (Wildman–Crippen LogP) is 3.81. The lowest BCUT2D eigenvalue weighted by atomic mass is 9.62. The molecule has 0 spiro atoms. The molecule has 3 aliphatic rings. The maximum absolute atomic E-state index is 13.4. The second-order valence-corrected chi connectivity index (χ2v) is 8.68. The molecule has 0 aromatic heterocycles. The van der Waals surface area contributed by atoms with Crippen molar-refractivity contribution in [3.8, 4) is 0 Å². The molecule has 0 aromatic rings. The first kappa shape index (κ1) is 21.3. The number of carbonyl (C=O) groups excluding carboxylic acids is 3. The van der Waals surface area contributed by atoms with Crippen molar-refractivity contribution in [3.63, 3.8) is 0 Å². The van der Waals surface area contributed by atoms with E-state index in [2.05, 4.69) is 6.08 Å². The average molecular weight is 402 g/mol. The van der Waals surface area contributed by atoms with Crippen LogP contribution in [-0.4, -0.2) is 36.2 Å². The highest BCUT2D eigenvalue weighted by atomic mass is 16.6. The number of hydrogen-bond acceptors (Lipinski definition) is 6. The van der Waals surface area contributed by atoms with E-state index < -0.39 is 22.6 Å². The van der Waals surface area contributed by atoms with Crippen molar-refractivity contribution in [2.75, 3.05) is 7.11 Å². The minimum atomic E-state index is -0.933. The number of carbonyl (C=O) groups is 3. The van der Waals surface area contributed by atoms with Crippen molar-refractivity contribution >= 4 is 17.9 Å². The van der Waals surface area contributed by atoms with Crippen molar-refractivity contribution in [2.45, 2.75) is 71.0 Å². The van der Waals surface area contributed by atoms with E-state index in [-0.39, 0.29) is 17.9 Å². The number of methoxy groups -OCH3 is 1. The summed E-state index contributed by atoms with van der Waals surface area (Å²) in [7, 11) is 1.33. The molecule has 1 heterocycles. The van der Waals surface area contributed by atoms with Gasteiger partial charge in [0.25, 0.3) is 0 Å². The number of esters is 3. The van der Waals surface area contributed by atoms with Gasteiger partial charge in [-0.05, 0) is 59.0 Å². The van der Waals surface area contributed by atoms with Crippen LogP contribution in [0.5, 0.6) is 0 Å². The van der Waals surface area contributed by atoms with Gasteiger partial charge in [-0.15, -0.1) is 0 Å². The van der Waals surface area contributed by atoms with Gasteiger partial charge in [0.05, 0.1) is 7.11 Å². The molecule has 6 nitrogen and oxygen atoms in total. The zero-order valence-corrected chi connectivity index (χ0v) is 17.9. The van der Waals surface area contributed by atoms with Gasteiger partial charge in [-0.1, -0.05) is 23.8 Å². The molecule has 2 fully saturated rings. The van der Waals surface area contributed by atoms with Gasteiger partial charge in [0.2, 0.25) is 0 Å². The van der Waals surface area contributed by atoms with Gasteiger partial charge in [0.1, 0.15) is 16.6 Å². The van der Waals surface area contributed by atoms with Crippen molar-refractivity contribution in [1.29, 1.82) is 0 Å². The van der Waals surface area contributed by atoms with Gasteiger partial charge in [-0.3, -0.25) is 9.59 Å². The van der Waals surface area contributed by atoms with Gasteiger partial charge in [0, 0.05) is 18.4 Å². The minimum absolute atomic E-state index is 0.154. The van der Waals surface area contributed by atoms with Crippen molar-refractivity contribution < 1.29 is 28.6 Å². The van der Waals surface area contributed by atoms with E-state index >= 15 is 0 Å². The number of allylic oxidation sites excluding steroid dienone is 4. The second kappa shape index (κ2) is 7.47. The first-order valence-electron chi connectivity index (χ1n) is 10.1. The Morgan fingerprint density at radius 3 is 2.66 bits per heavy atom. The summed E-state index contributed by atoms with van der Waals surface area (Å²) in [5.74, 6) is -1.25. The van der Waals surface area contributed by atoms with E-state index in [9.17, 15) is 14.4 Å². The molecule has 1 aliphatic heterocycles. The fourth-order valence-electron chi connectivity index (χ4n) is 5.41. The molecule has 1 saturated heterocycles. The maximum Gasteiger partial charge on any atom is 0.333 e. The molecule has 6 heteroatoms. The number of rotatable bonds is 4. The zero-order valence-electron chi connectivity index (χ0n) is 17.9. The molecule has 2 bridgehead atoms. The van der Waals surface area contributed by atoms with E-state index in [0.717, 1.165) is 12.8 Å². The normalized spacial score (nSPS) is 36.7. The van der Waals surface area contributed by atoms with Crippen LogP contribution in [-0.2, 0) is 28.6 Å². The standard InChI is InChI=1S/C23H30O6/c1-15-8-12-22-13-10-18(23(22,14-9-15)28-17(3)24)21(4,29-20(22)26)11-6-7-16(2)19(25)27-5/h6-8,11,18H,9-10,12-14H2,1-5H3/b11-6+,16-7+/t18-,21+,22+,23-/m1/s1. The van der Waals surface area contributed by atoms with Crippen LogP contribution in [0.15, 0.2) is 35.5 Å². The highest BCUT2D eigenvalue weighted by molar-refractivity contribution is 5.88. The van der Waals surface area contributed by atoms with Crippen LogP contribution in [0.1, 0.15) is 59.8 Å². The van der Waals surface area contributed by atoms with E-state index in [0.29, 0.717) is 24.8 Å². The van der Waals surface area contributed by atoms with Crippen LogP contribution in [0, 0.1) is 11.3 Å². The van der Waals surface area contributed by atoms with Gasteiger partial charge in [-0.2, -0.15) is 0 Å². The molecule has 158 valence electrons. The van der Waals surface area contributed by atoms with E-state index in [4.69, 9.17) is 14.2 Å². The molecule has 1 saturated carbocycles. The molecule has 29 heavy (non-hydrogen) atoms. The Morgan fingerprint density at radius 2 is 2.00 bits per heavy atom. The highest BCUT2D eigenvalue weighted by Crippen LogP contribution is 2.65. The third-order valence-electron chi connectivity index (χ3n) is 6.92. The smallest absolute Gasteiger partial charge is 0.333 e. The lowest BCUT2D eigenvalue weighted by Crippen LogP contribution is -2.65. The van der Waals surface area contributed by atoms with Crippen LogP contribution in [0.2, 0.25) is 0 Å². The van der Waals surface area contributed by atoms with Crippen molar-refractivity contribution in [1.82, 2.24) is 0 Å². The number of hydrogen-bond donors (Lipinski definition) is 0. The average Bonchev–Trinajstić information content (AvgIpc) is 2.83. The summed E-state index contributed by atoms with van der Waals surface area (Å²) in [5.41, 5.74) is -1.00. The summed E-state index contributed by atoms with van der Waals surface area (Å²) in [5, 5.41) is 0. The van der Waals surface area contributed by atoms with Crippen LogP contribution >= 0.6 is 0 Å². The van der Waals surface area contributed by atoms with Crippen LogP contribution < -0.4 is 0 Å². The monoisotopic (exact) mass is 402 g/mol. The maximum atomic E-state index is 13.4. The van der Waals surface area contributed by atoms with E-state index in [1.807, 2.05) is 13.8 Å². The number of cyclic esters (lactones) is 1. The van der Waals surface area contributed by atoms with Crippen LogP contribution in [0.3, 0.4) is 0 Å². The summed E-state index contributed by atoms with van der Waals surface area (Å²) < 4.78 is 16.7. The molecular weight excluding hydrogens is 372 g/mol. The lowest BCUT2D eigenvalue weighted by Gasteiger charge is -2.54.